The molecule has 4 rings (SSSR count). The zero-order chi connectivity index (χ0) is 18.6. The Morgan fingerprint density at radius 1 is 1.30 bits per heavy atom. The van der Waals surface area contributed by atoms with Gasteiger partial charge in [0.05, 0.1) is 11.3 Å². The van der Waals surface area contributed by atoms with E-state index in [0.717, 1.165) is 37.3 Å². The van der Waals surface area contributed by atoms with E-state index >= 15 is 0 Å². The molecule has 0 aromatic carbocycles. The van der Waals surface area contributed by atoms with Crippen molar-refractivity contribution in [2.24, 2.45) is 0 Å². The standard InChI is InChI=1S/C18H25N7OS/c1-13(27-18-21-22-23-25(18)15-6-7-15)17(26)20-12-14-5-8-16(19-11-14)24-9-3-2-4-10-24/h5,8,11,13,15H,2-4,6-7,9-10,12H2,1H3,(H,20,26). The molecule has 1 unspecified atom stereocenters. The second kappa shape index (κ2) is 8.24. The summed E-state index contributed by atoms with van der Waals surface area (Å²) >= 11 is 1.40. The Bertz CT molecular complexity index is 768. The molecule has 3 heterocycles. The van der Waals surface area contributed by atoms with Crippen LogP contribution >= 0.6 is 11.8 Å². The van der Waals surface area contributed by atoms with Crippen molar-refractivity contribution >= 4 is 23.5 Å². The quantitative estimate of drug-likeness (QED) is 0.729. The van der Waals surface area contributed by atoms with E-state index < -0.39 is 0 Å². The van der Waals surface area contributed by atoms with Gasteiger partial charge >= 0.3 is 0 Å². The molecule has 8 nitrogen and oxygen atoms in total. The molecule has 1 N–H and O–H groups in total. The Labute approximate surface area is 163 Å². The number of pyridine rings is 1. The number of carbonyl (C=O) groups excluding carboxylic acids is 1. The molecule has 2 aromatic heterocycles. The van der Waals surface area contributed by atoms with Crippen molar-refractivity contribution in [3.05, 3.63) is 23.9 Å². The normalized spacial score (nSPS) is 18.3. The molecule has 0 bridgehead atoms. The van der Waals surface area contributed by atoms with Gasteiger partial charge in [0.2, 0.25) is 11.1 Å². The van der Waals surface area contributed by atoms with Crippen molar-refractivity contribution < 1.29 is 4.79 Å². The molecule has 1 amide bonds. The molecule has 2 aliphatic rings. The summed E-state index contributed by atoms with van der Waals surface area (Å²) in [4.78, 5) is 19.3. The van der Waals surface area contributed by atoms with Crippen LogP contribution in [-0.4, -0.2) is 49.4 Å². The van der Waals surface area contributed by atoms with E-state index in [9.17, 15) is 4.79 Å². The highest BCUT2D eigenvalue weighted by Crippen LogP contribution is 2.37. The van der Waals surface area contributed by atoms with Gasteiger partial charge in [0.1, 0.15) is 5.82 Å². The lowest BCUT2D eigenvalue weighted by atomic mass is 10.1. The molecular formula is C18H25N7OS. The Hall–Kier alpha value is -2.16. The second-order valence-corrected chi connectivity index (χ2v) is 8.50. The Kier molecular flexibility index (Phi) is 5.56. The fourth-order valence-electron chi connectivity index (χ4n) is 3.19. The lowest BCUT2D eigenvalue weighted by Crippen LogP contribution is -2.31. The summed E-state index contributed by atoms with van der Waals surface area (Å²) in [6, 6.07) is 4.50. The smallest absolute Gasteiger partial charge is 0.233 e. The van der Waals surface area contributed by atoms with Crippen molar-refractivity contribution in [3.63, 3.8) is 0 Å². The van der Waals surface area contributed by atoms with E-state index in [1.54, 1.807) is 0 Å². The van der Waals surface area contributed by atoms with Gasteiger partial charge in [0.25, 0.3) is 0 Å². The van der Waals surface area contributed by atoms with Crippen LogP contribution in [0.25, 0.3) is 0 Å². The van der Waals surface area contributed by atoms with Crippen LogP contribution in [0.1, 0.15) is 50.6 Å². The Balaban J connectivity index is 1.27. The lowest BCUT2D eigenvalue weighted by molar-refractivity contribution is -0.120. The number of nitrogens with zero attached hydrogens (tertiary/aromatic N) is 6. The zero-order valence-electron chi connectivity index (χ0n) is 15.5. The largest absolute Gasteiger partial charge is 0.357 e. The number of carbonyl (C=O) groups is 1. The molecule has 1 saturated heterocycles. The molecule has 0 spiro atoms. The van der Waals surface area contributed by atoms with Gasteiger partial charge in [0.15, 0.2) is 0 Å². The maximum absolute atomic E-state index is 12.4. The summed E-state index contributed by atoms with van der Waals surface area (Å²) in [5.74, 6) is 1.01. The van der Waals surface area contributed by atoms with E-state index in [1.165, 1.54) is 31.0 Å². The highest BCUT2D eigenvalue weighted by atomic mass is 32.2. The van der Waals surface area contributed by atoms with Crippen LogP contribution in [0.4, 0.5) is 5.82 Å². The maximum atomic E-state index is 12.4. The number of nitrogens with one attached hydrogen (secondary N) is 1. The Morgan fingerprint density at radius 2 is 2.11 bits per heavy atom. The van der Waals surface area contributed by atoms with Gasteiger partial charge in [0, 0.05) is 25.8 Å². The summed E-state index contributed by atoms with van der Waals surface area (Å²) in [6.45, 7) is 4.52. The number of amides is 1. The SMILES string of the molecule is CC(Sc1nnnn1C1CC1)C(=O)NCc1ccc(N2CCCCC2)nc1. The van der Waals surface area contributed by atoms with Crippen LogP contribution < -0.4 is 10.2 Å². The van der Waals surface area contributed by atoms with Gasteiger partial charge in [-0.05, 0) is 61.1 Å². The van der Waals surface area contributed by atoms with Gasteiger partial charge < -0.3 is 10.2 Å². The van der Waals surface area contributed by atoms with E-state index in [1.807, 2.05) is 23.9 Å². The minimum atomic E-state index is -0.255. The number of tetrazole rings is 1. The lowest BCUT2D eigenvalue weighted by Gasteiger charge is -2.27. The number of piperidine rings is 1. The first-order valence-electron chi connectivity index (χ1n) is 9.63. The number of anilines is 1. The highest BCUT2D eigenvalue weighted by molar-refractivity contribution is 8.00. The third-order valence-electron chi connectivity index (χ3n) is 4.96. The topological polar surface area (TPSA) is 88.8 Å². The van der Waals surface area contributed by atoms with E-state index in [-0.39, 0.29) is 11.2 Å². The van der Waals surface area contributed by atoms with Crippen LogP contribution in [-0.2, 0) is 11.3 Å². The summed E-state index contributed by atoms with van der Waals surface area (Å²) in [6.07, 6.45) is 7.86. The predicted octanol–water partition coefficient (Wildman–Crippen LogP) is 2.19. The fourth-order valence-corrected chi connectivity index (χ4v) is 4.07. The molecule has 2 fully saturated rings. The van der Waals surface area contributed by atoms with Gasteiger partial charge in [-0.1, -0.05) is 17.8 Å². The summed E-state index contributed by atoms with van der Waals surface area (Å²) in [5, 5.41) is 15.2. The van der Waals surface area contributed by atoms with Crippen molar-refractivity contribution in [2.75, 3.05) is 18.0 Å². The molecule has 2 aromatic rings. The minimum Gasteiger partial charge on any atom is -0.357 e. The van der Waals surface area contributed by atoms with E-state index in [4.69, 9.17) is 0 Å². The number of hydrogen-bond acceptors (Lipinski definition) is 7. The highest BCUT2D eigenvalue weighted by Gasteiger charge is 2.29. The zero-order valence-corrected chi connectivity index (χ0v) is 16.4. The molecule has 27 heavy (non-hydrogen) atoms. The number of rotatable bonds is 7. The monoisotopic (exact) mass is 387 g/mol. The average Bonchev–Trinajstić information content (AvgIpc) is 3.46. The third-order valence-corrected chi connectivity index (χ3v) is 6.01. The first-order chi connectivity index (χ1) is 13.2. The van der Waals surface area contributed by atoms with Crippen LogP contribution in [0.2, 0.25) is 0 Å². The maximum Gasteiger partial charge on any atom is 0.233 e. The van der Waals surface area contributed by atoms with Gasteiger partial charge in [-0.2, -0.15) is 0 Å². The molecule has 144 valence electrons. The van der Waals surface area contributed by atoms with Crippen LogP contribution in [0.15, 0.2) is 23.5 Å². The van der Waals surface area contributed by atoms with Gasteiger partial charge in [-0.3, -0.25) is 4.79 Å². The van der Waals surface area contributed by atoms with Crippen LogP contribution in [0, 0.1) is 0 Å². The number of aromatic nitrogens is 5. The molecule has 1 atom stereocenters. The predicted molar refractivity (Wildman–Crippen MR) is 104 cm³/mol. The summed E-state index contributed by atoms with van der Waals surface area (Å²) in [5.41, 5.74) is 1.00. The van der Waals surface area contributed by atoms with Crippen LogP contribution in [0.3, 0.4) is 0 Å². The molecule has 1 aliphatic heterocycles. The Morgan fingerprint density at radius 3 is 2.81 bits per heavy atom. The van der Waals surface area contributed by atoms with E-state index in [2.05, 4.69) is 36.8 Å². The van der Waals surface area contributed by atoms with Crippen molar-refractivity contribution in [3.8, 4) is 0 Å². The summed E-state index contributed by atoms with van der Waals surface area (Å²) in [7, 11) is 0. The minimum absolute atomic E-state index is 0.0227. The summed E-state index contributed by atoms with van der Waals surface area (Å²) < 4.78 is 1.83. The number of hydrogen-bond donors (Lipinski definition) is 1. The van der Waals surface area contributed by atoms with E-state index in [0.29, 0.717) is 17.7 Å². The third kappa shape index (κ3) is 4.58. The number of thioether (sulfide) groups is 1. The molecule has 1 aliphatic carbocycles. The molecule has 1 saturated carbocycles. The van der Waals surface area contributed by atoms with Crippen molar-refractivity contribution in [1.29, 1.82) is 0 Å². The van der Waals surface area contributed by atoms with Crippen molar-refractivity contribution in [1.82, 2.24) is 30.5 Å². The molecular weight excluding hydrogens is 362 g/mol. The van der Waals surface area contributed by atoms with Gasteiger partial charge in [-0.15, -0.1) is 5.10 Å². The van der Waals surface area contributed by atoms with Crippen LogP contribution in [0.5, 0.6) is 0 Å². The molecule has 0 radical (unpaired) electrons. The first kappa shape index (κ1) is 18.2. The molecule has 9 heteroatoms. The van der Waals surface area contributed by atoms with Gasteiger partial charge in [-0.25, -0.2) is 9.67 Å². The second-order valence-electron chi connectivity index (χ2n) is 7.19. The van der Waals surface area contributed by atoms with Crippen molar-refractivity contribution in [2.45, 2.75) is 62.0 Å². The first-order valence-corrected chi connectivity index (χ1v) is 10.5. The fraction of sp³-hybridized carbons (Fsp3) is 0.611. The average molecular weight is 388 g/mol.